The largest absolute Gasteiger partial charge is 0.471 e. The third kappa shape index (κ3) is 5.51. The van der Waals surface area contributed by atoms with Gasteiger partial charge in [-0.1, -0.05) is 0 Å². The minimum absolute atomic E-state index is 0.0910. The summed E-state index contributed by atoms with van der Waals surface area (Å²) in [6, 6.07) is 5.88. The molecular formula is C21H23FN4O7. The van der Waals surface area contributed by atoms with Crippen LogP contribution in [-0.2, 0) is 19.1 Å². The average molecular weight is 462 g/mol. The van der Waals surface area contributed by atoms with Gasteiger partial charge in [0, 0.05) is 32.1 Å². The third-order valence-corrected chi connectivity index (χ3v) is 5.25. The average Bonchev–Trinajstić information content (AvgIpc) is 3.52. The molecule has 0 radical (unpaired) electrons. The highest BCUT2D eigenvalue weighted by Crippen LogP contribution is 2.30. The van der Waals surface area contributed by atoms with Crippen LogP contribution in [0, 0.1) is 5.82 Å². The van der Waals surface area contributed by atoms with Gasteiger partial charge in [0.05, 0.1) is 17.9 Å². The third-order valence-electron chi connectivity index (χ3n) is 5.25. The first-order valence-electron chi connectivity index (χ1n) is 10.4. The first-order chi connectivity index (χ1) is 15.9. The maximum atomic E-state index is 14.9. The molecule has 2 aliphatic rings. The number of carbonyl (C=O) groups excluding carboxylic acids is 3. The Kier molecular flexibility index (Phi) is 6.61. The number of nitrogens with one attached hydrogen (secondary N) is 1. The van der Waals surface area contributed by atoms with Gasteiger partial charge in [-0.15, -0.1) is 0 Å². The zero-order valence-corrected chi connectivity index (χ0v) is 17.9. The molecule has 2 aromatic rings. The number of hydrogen-bond acceptors (Lipinski definition) is 9. The summed E-state index contributed by atoms with van der Waals surface area (Å²) in [5.41, 5.74) is 0.740. The predicted molar refractivity (Wildman–Crippen MR) is 111 cm³/mol. The summed E-state index contributed by atoms with van der Waals surface area (Å²) < 4.78 is 34.9. The highest BCUT2D eigenvalue weighted by molar-refractivity contribution is 5.90. The fraction of sp³-hybridized carbons (Fsp3) is 0.429. The monoisotopic (exact) mass is 462 g/mol. The summed E-state index contributed by atoms with van der Waals surface area (Å²) in [6.45, 7) is 2.14. The number of hydrogen-bond donors (Lipinski definition) is 1. The lowest BCUT2D eigenvalue weighted by molar-refractivity contribution is -0.146. The number of anilines is 2. The second-order valence-electron chi connectivity index (χ2n) is 7.68. The number of amides is 2. The van der Waals surface area contributed by atoms with Crippen LogP contribution in [0.25, 0.3) is 0 Å². The van der Waals surface area contributed by atoms with Crippen molar-refractivity contribution in [1.29, 1.82) is 0 Å². The molecule has 0 aliphatic carbocycles. The maximum absolute atomic E-state index is 14.9. The van der Waals surface area contributed by atoms with Gasteiger partial charge >= 0.3 is 12.1 Å². The van der Waals surface area contributed by atoms with E-state index in [9.17, 15) is 18.8 Å². The van der Waals surface area contributed by atoms with E-state index in [1.807, 2.05) is 4.90 Å². The lowest BCUT2D eigenvalue weighted by atomic mass is 10.2. The molecule has 1 unspecified atom stereocenters. The zero-order valence-electron chi connectivity index (χ0n) is 17.9. The van der Waals surface area contributed by atoms with Crippen molar-refractivity contribution in [3.8, 4) is 5.88 Å². The molecule has 176 valence electrons. The van der Waals surface area contributed by atoms with Crippen molar-refractivity contribution in [3.63, 3.8) is 0 Å². The van der Waals surface area contributed by atoms with Crippen LogP contribution < -0.4 is 19.9 Å². The number of nitrogens with zero attached hydrogens (tertiary/aromatic N) is 3. The number of benzene rings is 1. The number of aromatic nitrogens is 1. The van der Waals surface area contributed by atoms with Gasteiger partial charge in [-0.25, -0.2) is 9.18 Å². The quantitative estimate of drug-likeness (QED) is 0.581. The normalized spacial score (nSPS) is 20.0. The molecule has 1 aromatic carbocycles. The molecule has 12 heteroatoms. The summed E-state index contributed by atoms with van der Waals surface area (Å²) in [5, 5.41) is 6.39. The standard InChI is InChI=1S/C21H23FN4O7/c1-13(27)30-12-19(28)23-14-4-6-25(9-14)18-3-2-15(8-17(18)22)26-10-16(33-21(26)29)11-31-20-5-7-32-24-20/h2-3,5,7-8,14,16H,4,6,9-12H2,1H3,(H,23,28)/t14-,16?/m0/s1. The molecule has 2 amide bonds. The molecule has 1 aromatic heterocycles. The van der Waals surface area contributed by atoms with Crippen LogP contribution in [0.15, 0.2) is 35.1 Å². The Hall–Kier alpha value is -3.83. The summed E-state index contributed by atoms with van der Waals surface area (Å²) in [6.07, 6.45) is 0.865. The van der Waals surface area contributed by atoms with E-state index in [-0.39, 0.29) is 31.7 Å². The zero-order chi connectivity index (χ0) is 23.4. The Morgan fingerprint density at radius 3 is 2.88 bits per heavy atom. The molecule has 3 heterocycles. The molecule has 0 spiro atoms. The number of halogens is 1. The maximum Gasteiger partial charge on any atom is 0.414 e. The second-order valence-corrected chi connectivity index (χ2v) is 7.68. The van der Waals surface area contributed by atoms with Crippen LogP contribution in [0.2, 0.25) is 0 Å². The van der Waals surface area contributed by atoms with Gasteiger partial charge in [0.15, 0.2) is 12.7 Å². The van der Waals surface area contributed by atoms with Crippen LogP contribution in [0.3, 0.4) is 0 Å². The van der Waals surface area contributed by atoms with Crippen molar-refractivity contribution in [3.05, 3.63) is 36.3 Å². The Labute approximate surface area is 188 Å². The van der Waals surface area contributed by atoms with E-state index >= 15 is 0 Å². The lowest BCUT2D eigenvalue weighted by Gasteiger charge is -2.21. The molecule has 1 N–H and O–H groups in total. The van der Waals surface area contributed by atoms with Crippen molar-refractivity contribution in [1.82, 2.24) is 10.5 Å². The molecule has 4 rings (SSSR count). The summed E-state index contributed by atoms with van der Waals surface area (Å²) >= 11 is 0. The lowest BCUT2D eigenvalue weighted by Crippen LogP contribution is -2.39. The van der Waals surface area contributed by atoms with Gasteiger partial charge in [-0.3, -0.25) is 14.5 Å². The second kappa shape index (κ2) is 9.76. The molecule has 0 saturated carbocycles. The number of cyclic esters (lactones) is 1. The smallest absolute Gasteiger partial charge is 0.414 e. The van der Waals surface area contributed by atoms with E-state index in [0.29, 0.717) is 30.9 Å². The van der Waals surface area contributed by atoms with E-state index in [0.717, 1.165) is 0 Å². The van der Waals surface area contributed by atoms with Crippen molar-refractivity contribution in [2.75, 3.05) is 42.6 Å². The van der Waals surface area contributed by atoms with E-state index in [1.54, 1.807) is 12.1 Å². The number of rotatable bonds is 8. The summed E-state index contributed by atoms with van der Waals surface area (Å²) in [5.74, 6) is -1.14. The SMILES string of the molecule is CC(=O)OCC(=O)N[C@H]1CCN(c2ccc(N3CC(COc4ccon4)OC3=O)cc2F)C1. The fourth-order valence-corrected chi connectivity index (χ4v) is 3.73. The van der Waals surface area contributed by atoms with Gasteiger partial charge in [-0.2, -0.15) is 0 Å². The molecule has 11 nitrogen and oxygen atoms in total. The first-order valence-corrected chi connectivity index (χ1v) is 10.4. The molecule has 2 fully saturated rings. The molecule has 0 bridgehead atoms. The van der Waals surface area contributed by atoms with Crippen molar-refractivity contribution in [2.45, 2.75) is 25.5 Å². The highest BCUT2D eigenvalue weighted by Gasteiger charge is 2.34. The van der Waals surface area contributed by atoms with Crippen LogP contribution in [0.1, 0.15) is 13.3 Å². The van der Waals surface area contributed by atoms with Gasteiger partial charge in [-0.05, 0) is 29.8 Å². The number of ether oxygens (including phenoxy) is 3. The first kappa shape index (κ1) is 22.4. The van der Waals surface area contributed by atoms with Gasteiger partial charge < -0.3 is 29.0 Å². The van der Waals surface area contributed by atoms with Crippen LogP contribution in [0.4, 0.5) is 20.6 Å². The molecule has 33 heavy (non-hydrogen) atoms. The number of carbonyl (C=O) groups is 3. The highest BCUT2D eigenvalue weighted by atomic mass is 19.1. The Balaban J connectivity index is 1.32. The van der Waals surface area contributed by atoms with E-state index < -0.39 is 29.9 Å². The van der Waals surface area contributed by atoms with E-state index in [1.165, 1.54) is 30.2 Å². The molecule has 2 aliphatic heterocycles. The Bertz CT molecular complexity index is 1020. The van der Waals surface area contributed by atoms with Crippen molar-refractivity contribution < 1.29 is 37.5 Å². The Morgan fingerprint density at radius 2 is 2.15 bits per heavy atom. The van der Waals surface area contributed by atoms with E-state index in [4.69, 9.17) is 9.47 Å². The van der Waals surface area contributed by atoms with Gasteiger partial charge in [0.2, 0.25) is 0 Å². The minimum Gasteiger partial charge on any atom is -0.471 e. The van der Waals surface area contributed by atoms with Crippen molar-refractivity contribution >= 4 is 29.3 Å². The molecular weight excluding hydrogens is 439 g/mol. The topological polar surface area (TPSA) is 123 Å². The van der Waals surface area contributed by atoms with Crippen molar-refractivity contribution in [2.24, 2.45) is 0 Å². The summed E-state index contributed by atoms with van der Waals surface area (Å²) in [7, 11) is 0. The number of esters is 1. The molecule has 2 atom stereocenters. The van der Waals surface area contributed by atoms with Crippen LogP contribution in [-0.4, -0.2) is 68.1 Å². The summed E-state index contributed by atoms with van der Waals surface area (Å²) in [4.78, 5) is 38.0. The minimum atomic E-state index is -0.590. The van der Waals surface area contributed by atoms with Crippen LogP contribution >= 0.6 is 0 Å². The Morgan fingerprint density at radius 1 is 1.30 bits per heavy atom. The van der Waals surface area contributed by atoms with Crippen LogP contribution in [0.5, 0.6) is 5.88 Å². The molecule has 2 saturated heterocycles. The van der Waals surface area contributed by atoms with Gasteiger partial charge in [0.1, 0.15) is 18.7 Å². The van der Waals surface area contributed by atoms with E-state index in [2.05, 4.69) is 19.7 Å². The predicted octanol–water partition coefficient (Wildman–Crippen LogP) is 1.48. The fourth-order valence-electron chi connectivity index (χ4n) is 3.73. The van der Waals surface area contributed by atoms with Gasteiger partial charge in [0.25, 0.3) is 11.8 Å².